The second-order valence-corrected chi connectivity index (χ2v) is 7.45. The number of carbonyl (C=O) groups is 1. The average Bonchev–Trinajstić information content (AvgIpc) is 2.34. The molecule has 0 saturated heterocycles. The molecule has 0 aliphatic heterocycles. The third kappa shape index (κ3) is 6.70. The van der Waals surface area contributed by atoms with E-state index in [-0.39, 0.29) is 5.41 Å². The Balaban J connectivity index is 2.90. The van der Waals surface area contributed by atoms with E-state index >= 15 is 0 Å². The standard InChI is InChI=1S/C17H28N2O3/c1-16(2,3)11-18-14-10-12(21-7)8-9-13(14)19-15(20)22-17(4,5)6/h8-10,18H,11H2,1-7H3,(H,19,20). The van der Waals surface area contributed by atoms with Crippen molar-refractivity contribution in [2.24, 2.45) is 5.41 Å². The Hall–Kier alpha value is -1.91. The minimum Gasteiger partial charge on any atom is -0.497 e. The Morgan fingerprint density at radius 1 is 1.09 bits per heavy atom. The van der Waals surface area contributed by atoms with E-state index in [2.05, 4.69) is 31.4 Å². The molecule has 22 heavy (non-hydrogen) atoms. The SMILES string of the molecule is COc1ccc(NC(=O)OC(C)(C)C)c(NCC(C)(C)C)c1. The van der Waals surface area contributed by atoms with Crippen LogP contribution in [0.1, 0.15) is 41.5 Å². The van der Waals surface area contributed by atoms with E-state index in [9.17, 15) is 4.79 Å². The van der Waals surface area contributed by atoms with Crippen LogP contribution in [0.25, 0.3) is 0 Å². The van der Waals surface area contributed by atoms with Crippen LogP contribution in [0.5, 0.6) is 5.75 Å². The molecule has 0 atom stereocenters. The number of nitrogens with one attached hydrogen (secondary N) is 2. The molecule has 5 nitrogen and oxygen atoms in total. The van der Waals surface area contributed by atoms with E-state index in [1.54, 1.807) is 19.2 Å². The van der Waals surface area contributed by atoms with Gasteiger partial charge in [-0.25, -0.2) is 4.79 Å². The van der Waals surface area contributed by atoms with Gasteiger partial charge in [-0.1, -0.05) is 20.8 Å². The summed E-state index contributed by atoms with van der Waals surface area (Å²) in [4.78, 5) is 11.9. The molecule has 0 aliphatic rings. The predicted molar refractivity (Wildman–Crippen MR) is 90.8 cm³/mol. The van der Waals surface area contributed by atoms with Crippen molar-refractivity contribution >= 4 is 17.5 Å². The van der Waals surface area contributed by atoms with Crippen LogP contribution >= 0.6 is 0 Å². The Morgan fingerprint density at radius 3 is 2.23 bits per heavy atom. The summed E-state index contributed by atoms with van der Waals surface area (Å²) in [5.74, 6) is 0.728. The highest BCUT2D eigenvalue weighted by Crippen LogP contribution is 2.29. The van der Waals surface area contributed by atoms with Gasteiger partial charge in [0, 0.05) is 12.6 Å². The maximum Gasteiger partial charge on any atom is 0.412 e. The molecule has 124 valence electrons. The van der Waals surface area contributed by atoms with Gasteiger partial charge in [0.1, 0.15) is 11.4 Å². The molecule has 1 amide bonds. The minimum atomic E-state index is -0.532. The molecule has 2 N–H and O–H groups in total. The largest absolute Gasteiger partial charge is 0.497 e. The molecule has 1 rings (SSSR count). The van der Waals surface area contributed by atoms with Gasteiger partial charge in [0.25, 0.3) is 0 Å². The third-order valence-electron chi connectivity index (χ3n) is 2.67. The van der Waals surface area contributed by atoms with Crippen LogP contribution in [0.2, 0.25) is 0 Å². The number of hydrogen-bond acceptors (Lipinski definition) is 4. The van der Waals surface area contributed by atoms with Crippen LogP contribution in [0, 0.1) is 5.41 Å². The highest BCUT2D eigenvalue weighted by molar-refractivity contribution is 5.90. The van der Waals surface area contributed by atoms with Gasteiger partial charge in [-0.05, 0) is 38.3 Å². The zero-order valence-electron chi connectivity index (χ0n) is 14.7. The third-order valence-corrected chi connectivity index (χ3v) is 2.67. The zero-order chi connectivity index (χ0) is 17.0. The first-order valence-electron chi connectivity index (χ1n) is 7.42. The lowest BCUT2D eigenvalue weighted by molar-refractivity contribution is 0.0636. The van der Waals surface area contributed by atoms with Gasteiger partial charge in [-0.3, -0.25) is 5.32 Å². The maximum absolute atomic E-state index is 11.9. The Kier molecular flexibility index (Phi) is 5.69. The number of amides is 1. The Bertz CT molecular complexity index is 514. The van der Waals surface area contributed by atoms with Crippen LogP contribution in [-0.2, 0) is 4.74 Å². The van der Waals surface area contributed by atoms with Gasteiger partial charge in [0.05, 0.1) is 18.5 Å². The fraction of sp³-hybridized carbons (Fsp3) is 0.588. The highest BCUT2D eigenvalue weighted by atomic mass is 16.6. The summed E-state index contributed by atoms with van der Waals surface area (Å²) in [6.45, 7) is 12.7. The number of hydrogen-bond donors (Lipinski definition) is 2. The molecule has 0 saturated carbocycles. The average molecular weight is 308 g/mol. The molecule has 0 fully saturated rings. The van der Waals surface area contributed by atoms with Gasteiger partial charge >= 0.3 is 6.09 Å². The lowest BCUT2D eigenvalue weighted by atomic mass is 9.97. The normalized spacial score (nSPS) is 11.8. The van der Waals surface area contributed by atoms with Crippen molar-refractivity contribution in [3.05, 3.63) is 18.2 Å². The fourth-order valence-corrected chi connectivity index (χ4v) is 1.68. The van der Waals surface area contributed by atoms with Crippen molar-refractivity contribution in [3.8, 4) is 5.75 Å². The zero-order valence-corrected chi connectivity index (χ0v) is 14.7. The van der Waals surface area contributed by atoms with Crippen molar-refractivity contribution < 1.29 is 14.3 Å². The molecule has 1 aromatic rings. The van der Waals surface area contributed by atoms with Gasteiger partial charge in [0.15, 0.2) is 0 Å². The quantitative estimate of drug-likeness (QED) is 0.859. The van der Waals surface area contributed by atoms with E-state index in [0.29, 0.717) is 5.69 Å². The molecule has 0 bridgehead atoms. The summed E-state index contributed by atoms with van der Waals surface area (Å²) in [5.41, 5.74) is 1.06. The number of methoxy groups -OCH3 is 1. The first-order chi connectivity index (χ1) is 10.00. The number of anilines is 2. The predicted octanol–water partition coefficient (Wildman–Crippen LogP) is 4.50. The van der Waals surface area contributed by atoms with Crippen molar-refractivity contribution in [1.29, 1.82) is 0 Å². The highest BCUT2D eigenvalue weighted by Gasteiger charge is 2.18. The molecule has 0 aliphatic carbocycles. The lowest BCUT2D eigenvalue weighted by Gasteiger charge is -2.23. The lowest BCUT2D eigenvalue weighted by Crippen LogP contribution is -2.27. The van der Waals surface area contributed by atoms with Crippen LogP contribution in [0.4, 0.5) is 16.2 Å². The van der Waals surface area contributed by atoms with Gasteiger partial charge < -0.3 is 14.8 Å². The molecule has 0 aromatic heterocycles. The summed E-state index contributed by atoms with van der Waals surface area (Å²) in [6.07, 6.45) is -0.475. The molecule has 0 radical (unpaired) electrons. The summed E-state index contributed by atoms with van der Waals surface area (Å²) < 4.78 is 10.5. The Labute approximate surface area is 133 Å². The van der Waals surface area contributed by atoms with Gasteiger partial charge in [-0.15, -0.1) is 0 Å². The van der Waals surface area contributed by atoms with Crippen molar-refractivity contribution in [3.63, 3.8) is 0 Å². The minimum absolute atomic E-state index is 0.117. The fourth-order valence-electron chi connectivity index (χ4n) is 1.68. The first kappa shape index (κ1) is 18.1. The van der Waals surface area contributed by atoms with Crippen LogP contribution in [0.3, 0.4) is 0 Å². The van der Waals surface area contributed by atoms with Gasteiger partial charge in [-0.2, -0.15) is 0 Å². The second-order valence-electron chi connectivity index (χ2n) is 7.45. The van der Waals surface area contributed by atoms with E-state index in [1.165, 1.54) is 0 Å². The molecular weight excluding hydrogens is 280 g/mol. The molecule has 0 spiro atoms. The molecular formula is C17H28N2O3. The van der Waals surface area contributed by atoms with E-state index in [1.807, 2.05) is 26.8 Å². The number of rotatable bonds is 4. The van der Waals surface area contributed by atoms with Crippen molar-refractivity contribution in [2.45, 2.75) is 47.1 Å². The summed E-state index contributed by atoms with van der Waals surface area (Å²) >= 11 is 0. The van der Waals surface area contributed by atoms with Gasteiger partial charge in [0.2, 0.25) is 0 Å². The van der Waals surface area contributed by atoms with Crippen molar-refractivity contribution in [2.75, 3.05) is 24.3 Å². The topological polar surface area (TPSA) is 59.6 Å². The number of carbonyl (C=O) groups excluding carboxylic acids is 1. The molecule has 1 aromatic carbocycles. The first-order valence-corrected chi connectivity index (χ1v) is 7.42. The van der Waals surface area contributed by atoms with E-state index in [4.69, 9.17) is 9.47 Å². The monoisotopic (exact) mass is 308 g/mol. The van der Waals surface area contributed by atoms with Crippen molar-refractivity contribution in [1.82, 2.24) is 0 Å². The number of ether oxygens (including phenoxy) is 2. The van der Waals surface area contributed by atoms with E-state index in [0.717, 1.165) is 18.0 Å². The summed E-state index contributed by atoms with van der Waals surface area (Å²) in [5, 5.41) is 6.12. The maximum atomic E-state index is 11.9. The smallest absolute Gasteiger partial charge is 0.412 e. The van der Waals surface area contributed by atoms with Crippen LogP contribution in [0.15, 0.2) is 18.2 Å². The molecule has 0 heterocycles. The molecule has 0 unspecified atom stereocenters. The summed E-state index contributed by atoms with van der Waals surface area (Å²) in [7, 11) is 1.61. The molecule has 5 heteroatoms. The Morgan fingerprint density at radius 2 is 1.73 bits per heavy atom. The second kappa shape index (κ2) is 6.90. The van der Waals surface area contributed by atoms with E-state index < -0.39 is 11.7 Å². The van der Waals surface area contributed by atoms with Crippen LogP contribution in [-0.4, -0.2) is 25.3 Å². The van der Waals surface area contributed by atoms with Crippen LogP contribution < -0.4 is 15.4 Å². The number of benzene rings is 1. The summed E-state index contributed by atoms with van der Waals surface area (Å²) in [6, 6.07) is 5.46.